The van der Waals surface area contributed by atoms with Crippen molar-refractivity contribution in [1.29, 1.82) is 0 Å². The van der Waals surface area contributed by atoms with E-state index in [9.17, 15) is 14.7 Å². The quantitative estimate of drug-likeness (QED) is 0.550. The number of aliphatic hydroxyl groups excluding tert-OH is 1. The van der Waals surface area contributed by atoms with Crippen LogP contribution in [-0.4, -0.2) is 44.5 Å². The molecular formula is C14H13N5O3S. The van der Waals surface area contributed by atoms with Crippen LogP contribution in [0.5, 0.6) is 0 Å². The van der Waals surface area contributed by atoms with Crippen molar-refractivity contribution in [3.05, 3.63) is 41.7 Å². The van der Waals surface area contributed by atoms with Gasteiger partial charge in [0.15, 0.2) is 5.13 Å². The maximum atomic E-state index is 12.2. The second-order valence-electron chi connectivity index (χ2n) is 4.67. The van der Waals surface area contributed by atoms with E-state index >= 15 is 0 Å². The molecule has 0 aliphatic rings. The second kappa shape index (κ2) is 6.55. The van der Waals surface area contributed by atoms with E-state index in [-0.39, 0.29) is 0 Å². The van der Waals surface area contributed by atoms with E-state index in [1.54, 1.807) is 29.8 Å². The van der Waals surface area contributed by atoms with Crippen molar-refractivity contribution >= 4 is 39.3 Å². The van der Waals surface area contributed by atoms with Crippen LogP contribution in [0.25, 0.3) is 11.0 Å². The van der Waals surface area contributed by atoms with Crippen molar-refractivity contribution in [3.63, 3.8) is 0 Å². The van der Waals surface area contributed by atoms with E-state index in [1.807, 2.05) is 0 Å². The third kappa shape index (κ3) is 3.35. The predicted octanol–water partition coefficient (Wildman–Crippen LogP) is 0.749. The molecular weight excluding hydrogens is 318 g/mol. The lowest BCUT2D eigenvalue weighted by molar-refractivity contribution is -0.118. The van der Waals surface area contributed by atoms with Crippen LogP contribution in [0, 0.1) is 0 Å². The van der Waals surface area contributed by atoms with Gasteiger partial charge in [-0.05, 0) is 18.2 Å². The number of nitrogens with zero attached hydrogens (tertiary/aromatic N) is 2. The normalized spacial score (nSPS) is 12.0. The number of hydrogen-bond donors (Lipinski definition) is 4. The summed E-state index contributed by atoms with van der Waals surface area (Å²) in [5.74, 6) is -0.992. The van der Waals surface area contributed by atoms with Crippen molar-refractivity contribution in [2.24, 2.45) is 0 Å². The highest BCUT2D eigenvalue weighted by Gasteiger charge is 2.21. The summed E-state index contributed by atoms with van der Waals surface area (Å²) in [5, 5.41) is 16.5. The zero-order chi connectivity index (χ0) is 16.2. The van der Waals surface area contributed by atoms with Crippen molar-refractivity contribution in [2.45, 2.75) is 6.04 Å². The highest BCUT2D eigenvalue weighted by Crippen LogP contribution is 2.13. The number of hydrogen-bond acceptors (Lipinski definition) is 6. The van der Waals surface area contributed by atoms with Gasteiger partial charge < -0.3 is 20.7 Å². The van der Waals surface area contributed by atoms with Crippen molar-refractivity contribution in [3.8, 4) is 0 Å². The molecule has 4 N–H and O–H groups in total. The first-order chi connectivity index (χ1) is 11.2. The topological polar surface area (TPSA) is 120 Å². The Morgan fingerprint density at radius 3 is 2.96 bits per heavy atom. The number of aromatic nitrogens is 3. The fourth-order valence-corrected chi connectivity index (χ4v) is 2.52. The number of anilines is 1. The fourth-order valence-electron chi connectivity index (χ4n) is 1.99. The molecule has 1 atom stereocenters. The molecule has 23 heavy (non-hydrogen) atoms. The zero-order valence-electron chi connectivity index (χ0n) is 11.8. The Labute approximate surface area is 134 Å². The van der Waals surface area contributed by atoms with E-state index in [2.05, 4.69) is 25.6 Å². The number of rotatable bonds is 5. The Bertz CT molecular complexity index is 830. The molecule has 2 amide bonds. The number of fused-ring (bicyclic) bond motifs is 1. The van der Waals surface area contributed by atoms with Crippen LogP contribution >= 0.6 is 11.3 Å². The van der Waals surface area contributed by atoms with Crippen LogP contribution in [0.15, 0.2) is 36.1 Å². The van der Waals surface area contributed by atoms with Crippen molar-refractivity contribution in [1.82, 2.24) is 20.3 Å². The molecule has 0 fully saturated rings. The molecule has 1 aromatic carbocycles. The third-order valence-corrected chi connectivity index (χ3v) is 3.84. The van der Waals surface area contributed by atoms with Crippen molar-refractivity contribution < 1.29 is 14.7 Å². The maximum absolute atomic E-state index is 12.2. The number of carbonyl (C=O) groups excluding carboxylic acids is 2. The van der Waals surface area contributed by atoms with Crippen LogP contribution in [0.3, 0.4) is 0 Å². The predicted molar refractivity (Wildman–Crippen MR) is 85.2 cm³/mol. The van der Waals surface area contributed by atoms with Gasteiger partial charge in [0, 0.05) is 17.1 Å². The first-order valence-corrected chi connectivity index (χ1v) is 7.60. The molecule has 118 valence electrons. The largest absolute Gasteiger partial charge is 0.394 e. The molecule has 3 rings (SSSR count). The van der Waals surface area contributed by atoms with Gasteiger partial charge in [0.05, 0.1) is 24.0 Å². The minimum Gasteiger partial charge on any atom is -0.394 e. The zero-order valence-corrected chi connectivity index (χ0v) is 12.6. The first kappa shape index (κ1) is 15.1. The Kier molecular flexibility index (Phi) is 4.31. The monoisotopic (exact) mass is 331 g/mol. The average molecular weight is 331 g/mol. The summed E-state index contributed by atoms with van der Waals surface area (Å²) >= 11 is 1.25. The number of aliphatic hydroxyl groups is 1. The van der Waals surface area contributed by atoms with Gasteiger partial charge in [0.2, 0.25) is 0 Å². The molecule has 0 spiro atoms. The summed E-state index contributed by atoms with van der Waals surface area (Å²) in [6, 6.07) is 3.87. The molecule has 0 radical (unpaired) electrons. The summed E-state index contributed by atoms with van der Waals surface area (Å²) in [6.45, 7) is -0.519. The summed E-state index contributed by atoms with van der Waals surface area (Å²) in [5.41, 5.74) is 1.81. The van der Waals surface area contributed by atoms with Gasteiger partial charge in [-0.25, -0.2) is 9.97 Å². The van der Waals surface area contributed by atoms with Crippen LogP contribution < -0.4 is 10.6 Å². The summed E-state index contributed by atoms with van der Waals surface area (Å²) in [6.07, 6.45) is 3.08. The molecule has 0 aliphatic heterocycles. The highest BCUT2D eigenvalue weighted by molar-refractivity contribution is 7.13. The van der Waals surface area contributed by atoms with Gasteiger partial charge in [-0.1, -0.05) is 0 Å². The molecule has 0 aliphatic carbocycles. The fraction of sp³-hybridized carbons (Fsp3) is 0.143. The molecule has 0 unspecified atom stereocenters. The number of nitrogens with one attached hydrogen (secondary N) is 3. The number of thiazole rings is 1. The van der Waals surface area contributed by atoms with Gasteiger partial charge in [-0.15, -0.1) is 11.3 Å². The highest BCUT2D eigenvalue weighted by atomic mass is 32.1. The van der Waals surface area contributed by atoms with Gasteiger partial charge in [0.1, 0.15) is 6.04 Å². The number of amides is 2. The third-order valence-electron chi connectivity index (χ3n) is 3.15. The minimum atomic E-state index is -1.07. The summed E-state index contributed by atoms with van der Waals surface area (Å²) < 4.78 is 0. The number of H-pyrrole nitrogens is 1. The van der Waals surface area contributed by atoms with Crippen LogP contribution in [-0.2, 0) is 4.79 Å². The lowest BCUT2D eigenvalue weighted by atomic mass is 10.1. The molecule has 0 saturated heterocycles. The molecule has 2 aromatic heterocycles. The van der Waals surface area contributed by atoms with E-state index in [0.29, 0.717) is 16.2 Å². The number of aromatic amines is 1. The van der Waals surface area contributed by atoms with E-state index in [1.165, 1.54) is 17.7 Å². The molecule has 8 nitrogen and oxygen atoms in total. The Hall–Kier alpha value is -2.78. The van der Waals surface area contributed by atoms with Gasteiger partial charge >= 0.3 is 0 Å². The second-order valence-corrected chi connectivity index (χ2v) is 5.56. The standard InChI is InChI=1S/C14H13N5O3S/c20-6-11(13(22)19-14-15-3-4-23-14)18-12(21)8-1-2-9-10(5-8)17-7-16-9/h1-5,7,11,20H,6H2,(H,16,17)(H,18,21)(H,15,19,22)/t11-/m0/s1. The van der Waals surface area contributed by atoms with Crippen LogP contribution in [0.2, 0.25) is 0 Å². The van der Waals surface area contributed by atoms with E-state index in [4.69, 9.17) is 0 Å². The Balaban J connectivity index is 1.70. The molecule has 0 saturated carbocycles. The lowest BCUT2D eigenvalue weighted by Crippen LogP contribution is -2.46. The Morgan fingerprint density at radius 2 is 2.22 bits per heavy atom. The molecule has 3 aromatic rings. The van der Waals surface area contributed by atoms with E-state index in [0.717, 1.165) is 5.52 Å². The molecule has 9 heteroatoms. The number of carbonyl (C=O) groups is 2. The lowest BCUT2D eigenvalue weighted by Gasteiger charge is -2.15. The SMILES string of the molecule is O=C(N[C@@H](CO)C(=O)Nc1nccs1)c1ccc2nc[nH]c2c1. The minimum absolute atomic E-state index is 0.363. The summed E-state index contributed by atoms with van der Waals surface area (Å²) in [7, 11) is 0. The molecule has 0 bridgehead atoms. The van der Waals surface area contributed by atoms with E-state index < -0.39 is 24.5 Å². The van der Waals surface area contributed by atoms with Gasteiger partial charge in [0.25, 0.3) is 11.8 Å². The summed E-state index contributed by atoms with van der Waals surface area (Å²) in [4.78, 5) is 35.2. The van der Waals surface area contributed by atoms with Crippen LogP contribution in [0.4, 0.5) is 5.13 Å². The van der Waals surface area contributed by atoms with Gasteiger partial charge in [-0.3, -0.25) is 9.59 Å². The first-order valence-electron chi connectivity index (χ1n) is 6.72. The van der Waals surface area contributed by atoms with Gasteiger partial charge in [-0.2, -0.15) is 0 Å². The van der Waals surface area contributed by atoms with Crippen molar-refractivity contribution in [2.75, 3.05) is 11.9 Å². The van der Waals surface area contributed by atoms with Crippen LogP contribution in [0.1, 0.15) is 10.4 Å². The Morgan fingerprint density at radius 1 is 1.35 bits per heavy atom. The maximum Gasteiger partial charge on any atom is 0.252 e. The number of benzene rings is 1. The average Bonchev–Trinajstić information content (AvgIpc) is 3.22. The smallest absolute Gasteiger partial charge is 0.252 e. The molecule has 2 heterocycles. The number of imidazole rings is 1.